The number of para-hydroxylation sites is 1. The first-order valence-electron chi connectivity index (χ1n) is 12.1. The highest BCUT2D eigenvalue weighted by Gasteiger charge is 2.39. The topological polar surface area (TPSA) is 87.5 Å². The van der Waals surface area contributed by atoms with Crippen LogP contribution in [-0.4, -0.2) is 34.8 Å². The summed E-state index contributed by atoms with van der Waals surface area (Å²) < 4.78 is 18.7. The van der Waals surface area contributed by atoms with Crippen molar-refractivity contribution < 1.29 is 19.0 Å². The monoisotopic (exact) mass is 494 g/mol. The van der Waals surface area contributed by atoms with Crippen molar-refractivity contribution in [2.24, 2.45) is 0 Å². The smallest absolute Gasteiger partial charge is 0.226 e. The molecular weight excluding hydrogens is 468 g/mol. The first-order valence-corrected chi connectivity index (χ1v) is 12.1. The molecule has 0 saturated heterocycles. The van der Waals surface area contributed by atoms with Crippen LogP contribution in [0.25, 0.3) is 0 Å². The van der Waals surface area contributed by atoms with Gasteiger partial charge < -0.3 is 19.5 Å². The molecule has 1 N–H and O–H groups in total. The molecule has 0 saturated carbocycles. The zero-order valence-corrected chi connectivity index (χ0v) is 20.5. The van der Waals surface area contributed by atoms with Crippen molar-refractivity contribution in [2.75, 3.05) is 19.5 Å². The number of nitrogens with zero attached hydrogens (tertiary/aromatic N) is 3. The number of ketones is 1. The van der Waals surface area contributed by atoms with Crippen molar-refractivity contribution >= 4 is 11.7 Å². The average molecular weight is 495 g/mol. The molecule has 2 atom stereocenters. The molecule has 0 unspecified atom stereocenters. The van der Waals surface area contributed by atoms with Gasteiger partial charge in [0.25, 0.3) is 0 Å². The maximum atomic E-state index is 13.7. The summed E-state index contributed by atoms with van der Waals surface area (Å²) in [5.41, 5.74) is 3.52. The summed E-state index contributed by atoms with van der Waals surface area (Å²) in [6.45, 7) is 0. The fourth-order valence-electron chi connectivity index (χ4n) is 5.18. The highest BCUT2D eigenvalue weighted by molar-refractivity contribution is 6.00. The standard InChI is InChI=1S/C29H26N4O4/c1-35-25-12-11-18(16-26(25)36-2)20-14-23-27(24(34)15-20)28(33-29(32-23)30-17-31-33)19-7-6-10-22(13-19)37-21-8-4-3-5-9-21/h3-13,16-17,20,28H,14-15H2,1-2H3,(H,30,31,32)/t20-,28+/m0/s1. The van der Waals surface area contributed by atoms with Crippen molar-refractivity contribution in [3.63, 3.8) is 0 Å². The largest absolute Gasteiger partial charge is 0.493 e. The van der Waals surface area contributed by atoms with Crippen molar-refractivity contribution in [3.8, 4) is 23.0 Å². The molecule has 8 heteroatoms. The minimum atomic E-state index is -0.396. The van der Waals surface area contributed by atoms with E-state index in [0.717, 1.165) is 22.6 Å². The van der Waals surface area contributed by atoms with E-state index < -0.39 is 6.04 Å². The van der Waals surface area contributed by atoms with Gasteiger partial charge in [0.05, 0.1) is 14.2 Å². The van der Waals surface area contributed by atoms with Gasteiger partial charge in [0.2, 0.25) is 5.95 Å². The third-order valence-electron chi connectivity index (χ3n) is 6.89. The lowest BCUT2D eigenvalue weighted by atomic mass is 9.78. The third-order valence-corrected chi connectivity index (χ3v) is 6.89. The van der Waals surface area contributed by atoms with Gasteiger partial charge in [0.15, 0.2) is 17.3 Å². The number of nitrogens with one attached hydrogen (secondary N) is 1. The van der Waals surface area contributed by atoms with Crippen LogP contribution in [0.3, 0.4) is 0 Å². The van der Waals surface area contributed by atoms with E-state index in [1.807, 2.05) is 72.8 Å². The van der Waals surface area contributed by atoms with Gasteiger partial charge in [-0.3, -0.25) is 4.79 Å². The van der Waals surface area contributed by atoms with E-state index in [9.17, 15) is 4.79 Å². The zero-order chi connectivity index (χ0) is 25.4. The maximum Gasteiger partial charge on any atom is 0.226 e. The second kappa shape index (κ2) is 9.46. The quantitative estimate of drug-likeness (QED) is 0.379. The van der Waals surface area contributed by atoms with Crippen LogP contribution in [-0.2, 0) is 4.79 Å². The summed E-state index contributed by atoms with van der Waals surface area (Å²) in [5.74, 6) is 3.44. The van der Waals surface area contributed by atoms with Crippen LogP contribution in [0.5, 0.6) is 23.0 Å². The van der Waals surface area contributed by atoms with E-state index in [0.29, 0.717) is 41.6 Å². The predicted molar refractivity (Wildman–Crippen MR) is 138 cm³/mol. The molecule has 1 aromatic heterocycles. The Bertz CT molecular complexity index is 1490. The number of methoxy groups -OCH3 is 2. The number of fused-ring (bicyclic) bond motifs is 1. The Morgan fingerprint density at radius 1 is 0.865 bits per heavy atom. The average Bonchev–Trinajstić information content (AvgIpc) is 3.40. The lowest BCUT2D eigenvalue weighted by Gasteiger charge is -2.35. The number of hydrogen-bond acceptors (Lipinski definition) is 7. The van der Waals surface area contributed by atoms with E-state index in [1.54, 1.807) is 18.9 Å². The lowest BCUT2D eigenvalue weighted by molar-refractivity contribution is -0.116. The number of benzene rings is 3. The molecule has 3 aromatic carbocycles. The van der Waals surface area contributed by atoms with Gasteiger partial charge in [-0.1, -0.05) is 36.4 Å². The molecule has 8 nitrogen and oxygen atoms in total. The summed E-state index contributed by atoms with van der Waals surface area (Å²) in [6, 6.07) is 22.9. The Balaban J connectivity index is 1.37. The maximum absolute atomic E-state index is 13.7. The van der Waals surface area contributed by atoms with Crippen LogP contribution >= 0.6 is 0 Å². The summed E-state index contributed by atoms with van der Waals surface area (Å²) in [6.07, 6.45) is 2.56. The zero-order valence-electron chi connectivity index (χ0n) is 20.5. The summed E-state index contributed by atoms with van der Waals surface area (Å²) in [4.78, 5) is 18.1. The number of allylic oxidation sites excluding steroid dienone is 2. The molecule has 4 aromatic rings. The molecule has 1 aliphatic carbocycles. The highest BCUT2D eigenvalue weighted by atomic mass is 16.5. The fraction of sp³-hybridized carbons (Fsp3) is 0.207. The molecule has 0 radical (unpaired) electrons. The number of ether oxygens (including phenoxy) is 3. The van der Waals surface area contributed by atoms with E-state index in [-0.39, 0.29) is 11.7 Å². The Morgan fingerprint density at radius 2 is 1.68 bits per heavy atom. The normalized spacial score (nSPS) is 18.5. The van der Waals surface area contributed by atoms with Gasteiger partial charge in [-0.2, -0.15) is 10.1 Å². The lowest BCUT2D eigenvalue weighted by Crippen LogP contribution is -2.33. The number of Topliss-reactive ketones (excluding diaryl/α,β-unsaturated/α-hetero) is 1. The van der Waals surface area contributed by atoms with Crippen LogP contribution in [0.2, 0.25) is 0 Å². The predicted octanol–water partition coefficient (Wildman–Crippen LogP) is 5.50. The van der Waals surface area contributed by atoms with Gasteiger partial charge in [-0.25, -0.2) is 4.68 Å². The molecule has 37 heavy (non-hydrogen) atoms. The Morgan fingerprint density at radius 3 is 2.49 bits per heavy atom. The highest BCUT2D eigenvalue weighted by Crippen LogP contribution is 2.45. The number of anilines is 1. The molecule has 2 heterocycles. The molecule has 0 amide bonds. The van der Waals surface area contributed by atoms with E-state index in [1.165, 1.54) is 6.33 Å². The third kappa shape index (κ3) is 4.20. The second-order valence-electron chi connectivity index (χ2n) is 9.08. The first-order chi connectivity index (χ1) is 18.1. The summed E-state index contributed by atoms with van der Waals surface area (Å²) >= 11 is 0. The number of aromatic nitrogens is 3. The minimum Gasteiger partial charge on any atom is -0.493 e. The Kier molecular flexibility index (Phi) is 5.84. The number of carbonyl (C=O) groups is 1. The van der Waals surface area contributed by atoms with Crippen molar-refractivity contribution in [1.82, 2.24) is 14.8 Å². The summed E-state index contributed by atoms with van der Waals surface area (Å²) in [7, 11) is 3.23. The van der Waals surface area contributed by atoms with E-state index >= 15 is 0 Å². The van der Waals surface area contributed by atoms with Crippen LogP contribution in [0, 0.1) is 0 Å². The van der Waals surface area contributed by atoms with Gasteiger partial charge >= 0.3 is 0 Å². The summed E-state index contributed by atoms with van der Waals surface area (Å²) in [5, 5.41) is 7.83. The number of rotatable bonds is 6. The molecule has 1 aliphatic heterocycles. The van der Waals surface area contributed by atoms with Crippen LogP contribution in [0.15, 0.2) is 90.4 Å². The van der Waals surface area contributed by atoms with Crippen molar-refractivity contribution in [2.45, 2.75) is 24.8 Å². The van der Waals surface area contributed by atoms with Crippen LogP contribution in [0.4, 0.5) is 5.95 Å². The number of hydrogen-bond donors (Lipinski definition) is 1. The minimum absolute atomic E-state index is 0.00132. The first kappa shape index (κ1) is 22.8. The Labute approximate surface area is 214 Å². The molecule has 0 fully saturated rings. The number of carbonyl (C=O) groups excluding carboxylic acids is 1. The van der Waals surface area contributed by atoms with E-state index in [4.69, 9.17) is 14.2 Å². The van der Waals surface area contributed by atoms with Gasteiger partial charge in [-0.05, 0) is 59.9 Å². The molecule has 186 valence electrons. The van der Waals surface area contributed by atoms with Gasteiger partial charge in [-0.15, -0.1) is 0 Å². The van der Waals surface area contributed by atoms with Crippen LogP contribution in [0.1, 0.15) is 35.9 Å². The molecule has 6 rings (SSSR count). The SMILES string of the molecule is COc1ccc([C@@H]2CC(=O)C3=C(C2)Nc2ncnn2[C@@H]3c2cccc(Oc3ccccc3)c2)cc1OC. The second-order valence-corrected chi connectivity index (χ2v) is 9.08. The van der Waals surface area contributed by atoms with Gasteiger partial charge in [0, 0.05) is 17.7 Å². The molecule has 0 spiro atoms. The molecule has 0 bridgehead atoms. The van der Waals surface area contributed by atoms with Crippen molar-refractivity contribution in [3.05, 3.63) is 102 Å². The van der Waals surface area contributed by atoms with Gasteiger partial charge in [0.1, 0.15) is 23.9 Å². The van der Waals surface area contributed by atoms with E-state index in [2.05, 4.69) is 15.4 Å². The van der Waals surface area contributed by atoms with Crippen LogP contribution < -0.4 is 19.5 Å². The fourth-order valence-corrected chi connectivity index (χ4v) is 5.18. The Hall–Kier alpha value is -4.59. The van der Waals surface area contributed by atoms with Crippen molar-refractivity contribution in [1.29, 1.82) is 0 Å². The molecular formula is C29H26N4O4. The molecule has 2 aliphatic rings.